The third-order valence-corrected chi connectivity index (χ3v) is 14.2. The van der Waals surface area contributed by atoms with Gasteiger partial charge in [0.05, 0.1) is 17.3 Å². The van der Waals surface area contributed by atoms with E-state index in [4.69, 9.17) is 28.4 Å². The van der Waals surface area contributed by atoms with Gasteiger partial charge in [-0.3, -0.25) is 0 Å². The molecule has 6 heterocycles. The van der Waals surface area contributed by atoms with Gasteiger partial charge in [-0.05, 0) is 96.4 Å². The van der Waals surface area contributed by atoms with Crippen LogP contribution in [-0.2, 0) is 46.7 Å². The monoisotopic (exact) mass is 617 g/mol. The third-order valence-electron chi connectivity index (χ3n) is 14.2. The minimum atomic E-state index is -1.13. The lowest BCUT2D eigenvalue weighted by Crippen LogP contribution is -2.74. The molecule has 11 atom stereocenters. The van der Waals surface area contributed by atoms with E-state index < -0.39 is 28.5 Å². The summed E-state index contributed by atoms with van der Waals surface area (Å²) >= 11 is 0. The van der Waals surface area contributed by atoms with Gasteiger partial charge in [0.15, 0.2) is 18.0 Å². The van der Waals surface area contributed by atoms with Gasteiger partial charge in [-0.1, -0.05) is 26.0 Å². The standard InChI is InChI=1S/C37H47NO7/c1-31(2)23(42-31)16-18-10-9-11-21-24(18)20-17-19-12-15-36(39)34(7,35(19,8)26(20)38-21)14-13-22-37(36)28(44-37)25-27(40-22)32(3,4)45-30(41-25)29-33(5,6)43-29/h9-11,13,19,23,25,27-30,38-39H,12,14-17H2,1-8H3/t19?,23?,25?,27?,28?,29?,30?,34?,35-,36+,37?/m1/s1. The molecule has 5 aliphatic heterocycles. The molecule has 242 valence electrons. The molecule has 1 aromatic heterocycles. The van der Waals surface area contributed by atoms with Crippen LogP contribution >= 0.6 is 0 Å². The van der Waals surface area contributed by atoms with Gasteiger partial charge in [0.1, 0.15) is 35.3 Å². The Kier molecular flexibility index (Phi) is 4.90. The molecule has 45 heavy (non-hydrogen) atoms. The van der Waals surface area contributed by atoms with Crippen LogP contribution in [0.4, 0.5) is 0 Å². The van der Waals surface area contributed by atoms with Gasteiger partial charge in [0.25, 0.3) is 0 Å². The number of H-pyrrole nitrogens is 1. The first kappa shape index (κ1) is 28.1. The molecule has 2 N–H and O–H groups in total. The first-order chi connectivity index (χ1) is 21.1. The van der Waals surface area contributed by atoms with Gasteiger partial charge in [0, 0.05) is 33.8 Å². The van der Waals surface area contributed by atoms with Gasteiger partial charge in [0.2, 0.25) is 0 Å². The van der Waals surface area contributed by atoms with E-state index in [1.807, 2.05) is 0 Å². The number of aliphatic hydroxyl groups is 1. The van der Waals surface area contributed by atoms with E-state index in [2.05, 4.69) is 84.6 Å². The molecule has 9 unspecified atom stereocenters. The Bertz CT molecular complexity index is 1710. The molecule has 1 spiro atoms. The maximum Gasteiger partial charge on any atom is 0.188 e. The maximum absolute atomic E-state index is 13.3. The Balaban J connectivity index is 1.05. The maximum atomic E-state index is 13.3. The van der Waals surface area contributed by atoms with Crippen molar-refractivity contribution in [1.82, 2.24) is 4.98 Å². The van der Waals surface area contributed by atoms with Crippen LogP contribution in [0.3, 0.4) is 0 Å². The highest BCUT2D eigenvalue weighted by atomic mass is 16.8. The number of epoxide rings is 3. The van der Waals surface area contributed by atoms with Crippen molar-refractivity contribution in [3.63, 3.8) is 0 Å². The van der Waals surface area contributed by atoms with Gasteiger partial charge >= 0.3 is 0 Å². The molecule has 8 aliphatic rings. The number of hydrogen-bond donors (Lipinski definition) is 2. The summed E-state index contributed by atoms with van der Waals surface area (Å²) in [6, 6.07) is 6.66. The minimum absolute atomic E-state index is 0.0514. The Morgan fingerprint density at radius 2 is 1.62 bits per heavy atom. The largest absolute Gasteiger partial charge is 0.486 e. The Morgan fingerprint density at radius 3 is 2.33 bits per heavy atom. The fourth-order valence-electron chi connectivity index (χ4n) is 11.1. The number of benzene rings is 1. The fourth-order valence-corrected chi connectivity index (χ4v) is 11.1. The summed E-state index contributed by atoms with van der Waals surface area (Å²) in [5.74, 6) is 1.19. The fraction of sp³-hybridized carbons (Fsp3) is 0.730. The highest BCUT2D eigenvalue weighted by Crippen LogP contribution is 2.75. The second kappa shape index (κ2) is 7.85. The lowest BCUT2D eigenvalue weighted by molar-refractivity contribution is -0.332. The number of fused-ring (bicyclic) bond motifs is 9. The van der Waals surface area contributed by atoms with Crippen molar-refractivity contribution in [2.45, 2.75) is 158 Å². The van der Waals surface area contributed by atoms with Crippen molar-refractivity contribution >= 4 is 10.9 Å². The van der Waals surface area contributed by atoms with Crippen molar-refractivity contribution in [2.75, 3.05) is 0 Å². The van der Waals surface area contributed by atoms with Gasteiger partial charge in [-0.25, -0.2) is 0 Å². The van der Waals surface area contributed by atoms with E-state index in [9.17, 15) is 5.11 Å². The molecule has 2 aromatic rings. The van der Waals surface area contributed by atoms with Crippen LogP contribution in [-0.4, -0.2) is 74.9 Å². The molecule has 0 radical (unpaired) electrons. The average Bonchev–Trinajstić information content (AvgIpc) is 3.89. The van der Waals surface area contributed by atoms with E-state index >= 15 is 0 Å². The molecule has 8 heteroatoms. The van der Waals surface area contributed by atoms with Crippen molar-refractivity contribution in [3.05, 3.63) is 46.9 Å². The van der Waals surface area contributed by atoms with Gasteiger partial charge in [-0.2, -0.15) is 0 Å². The minimum Gasteiger partial charge on any atom is -0.486 e. The van der Waals surface area contributed by atoms with Crippen molar-refractivity contribution < 1.29 is 33.5 Å². The molecule has 8 nitrogen and oxygen atoms in total. The number of aromatic amines is 1. The van der Waals surface area contributed by atoms with Crippen LogP contribution in [0.5, 0.6) is 0 Å². The zero-order valence-corrected chi connectivity index (χ0v) is 27.8. The number of ether oxygens (including phenoxy) is 6. The van der Waals surface area contributed by atoms with E-state index in [1.165, 1.54) is 27.7 Å². The summed E-state index contributed by atoms with van der Waals surface area (Å²) in [7, 11) is 0. The Hall–Kier alpha value is -1.94. The van der Waals surface area contributed by atoms with Crippen LogP contribution in [0.15, 0.2) is 30.0 Å². The predicted molar refractivity (Wildman–Crippen MR) is 166 cm³/mol. The number of allylic oxidation sites excluding steroid dienone is 1. The summed E-state index contributed by atoms with van der Waals surface area (Å²) in [5.41, 5.74) is 1.50. The summed E-state index contributed by atoms with van der Waals surface area (Å²) in [6.45, 7) is 17.3. The molecule has 0 amide bonds. The molecule has 10 rings (SSSR count). The highest BCUT2D eigenvalue weighted by molar-refractivity contribution is 5.89. The summed E-state index contributed by atoms with van der Waals surface area (Å²) in [4.78, 5) is 3.93. The zero-order valence-electron chi connectivity index (χ0n) is 27.8. The van der Waals surface area contributed by atoms with E-state index in [0.717, 1.165) is 25.0 Å². The second-order valence-corrected chi connectivity index (χ2v) is 17.5. The van der Waals surface area contributed by atoms with E-state index in [1.54, 1.807) is 0 Å². The van der Waals surface area contributed by atoms with Crippen molar-refractivity contribution in [2.24, 2.45) is 11.3 Å². The lowest BCUT2D eigenvalue weighted by atomic mass is 9.42. The number of nitrogens with one attached hydrogen (secondary N) is 1. The predicted octanol–water partition coefficient (Wildman–Crippen LogP) is 5.37. The number of rotatable bonds is 3. The summed E-state index contributed by atoms with van der Waals surface area (Å²) in [6.07, 6.45) is 5.07. The SMILES string of the molecule is CC1(C)OC1Cc1cccc2[nH]c3c(c12)CC1CC[C@@]2(O)C45OC4C4OC(C6OC6(C)C)OC(C)(C)C4OC5=CCC2(C)[C@@]31C. The molecule has 5 saturated heterocycles. The van der Waals surface area contributed by atoms with Crippen molar-refractivity contribution in [3.8, 4) is 0 Å². The Labute approximate surface area is 265 Å². The molecule has 6 fully saturated rings. The van der Waals surface area contributed by atoms with Crippen LogP contribution in [0.1, 0.15) is 91.5 Å². The van der Waals surface area contributed by atoms with Crippen molar-refractivity contribution in [1.29, 1.82) is 0 Å². The van der Waals surface area contributed by atoms with E-state index in [-0.39, 0.29) is 47.1 Å². The molecule has 1 aromatic carbocycles. The van der Waals surface area contributed by atoms with Crippen LogP contribution in [0, 0.1) is 11.3 Å². The normalized spacial score (nSPS) is 50.2. The Morgan fingerprint density at radius 1 is 0.889 bits per heavy atom. The van der Waals surface area contributed by atoms with Gasteiger partial charge < -0.3 is 38.5 Å². The summed E-state index contributed by atoms with van der Waals surface area (Å²) < 4.78 is 38.7. The molecule has 0 bridgehead atoms. The first-order valence-electron chi connectivity index (χ1n) is 17.2. The molecular weight excluding hydrogens is 570 g/mol. The van der Waals surface area contributed by atoms with Crippen LogP contribution < -0.4 is 0 Å². The van der Waals surface area contributed by atoms with Gasteiger partial charge in [-0.15, -0.1) is 0 Å². The number of aromatic nitrogens is 1. The smallest absolute Gasteiger partial charge is 0.188 e. The number of hydrogen-bond acceptors (Lipinski definition) is 7. The third kappa shape index (κ3) is 3.12. The topological polar surface area (TPSA) is 101 Å². The molecule has 3 aliphatic carbocycles. The van der Waals surface area contributed by atoms with E-state index in [0.29, 0.717) is 18.8 Å². The zero-order chi connectivity index (χ0) is 31.3. The van der Waals surface area contributed by atoms with Crippen LogP contribution in [0.25, 0.3) is 10.9 Å². The first-order valence-corrected chi connectivity index (χ1v) is 17.2. The summed E-state index contributed by atoms with van der Waals surface area (Å²) in [5, 5.41) is 14.7. The molecule has 1 saturated carbocycles. The van der Waals surface area contributed by atoms with Crippen LogP contribution in [0.2, 0.25) is 0 Å². The average molecular weight is 618 g/mol. The molecular formula is C37H47NO7. The quantitative estimate of drug-likeness (QED) is 0.447. The lowest BCUT2D eigenvalue weighted by Gasteiger charge is -2.64. The second-order valence-electron chi connectivity index (χ2n) is 17.5. The highest BCUT2D eigenvalue weighted by Gasteiger charge is 2.86.